The SMILES string of the molecule is Cc1ccc(N2CC(CNC(=O)COc3ccc(C(C)C)cc3)CC2=O)cc1. The molecule has 1 atom stereocenters. The number of benzene rings is 2. The molecule has 0 saturated carbocycles. The van der Waals surface area contributed by atoms with Crippen molar-refractivity contribution in [3.63, 3.8) is 0 Å². The van der Waals surface area contributed by atoms with Gasteiger partial charge in [-0.05, 0) is 42.7 Å². The van der Waals surface area contributed by atoms with E-state index in [4.69, 9.17) is 4.74 Å². The quantitative estimate of drug-likeness (QED) is 0.797. The van der Waals surface area contributed by atoms with Crippen molar-refractivity contribution < 1.29 is 14.3 Å². The predicted molar refractivity (Wildman–Crippen MR) is 111 cm³/mol. The summed E-state index contributed by atoms with van der Waals surface area (Å²) < 4.78 is 5.55. The molecular weight excluding hydrogens is 352 g/mol. The minimum absolute atomic E-state index is 0.0244. The monoisotopic (exact) mass is 380 g/mol. The van der Waals surface area contributed by atoms with Gasteiger partial charge in [-0.3, -0.25) is 9.59 Å². The van der Waals surface area contributed by atoms with Gasteiger partial charge in [0.25, 0.3) is 5.91 Å². The molecule has 0 aliphatic carbocycles. The van der Waals surface area contributed by atoms with E-state index >= 15 is 0 Å². The Balaban J connectivity index is 1.43. The van der Waals surface area contributed by atoms with Gasteiger partial charge >= 0.3 is 0 Å². The first-order valence-corrected chi connectivity index (χ1v) is 9.79. The van der Waals surface area contributed by atoms with E-state index in [0.717, 1.165) is 11.3 Å². The van der Waals surface area contributed by atoms with Crippen molar-refractivity contribution in [1.29, 1.82) is 0 Å². The number of aryl methyl sites for hydroxylation is 1. The summed E-state index contributed by atoms with van der Waals surface area (Å²) in [5.74, 6) is 1.19. The maximum atomic E-state index is 12.3. The molecule has 2 amide bonds. The number of nitrogens with zero attached hydrogens (tertiary/aromatic N) is 1. The second kappa shape index (κ2) is 8.91. The molecule has 5 nitrogen and oxygen atoms in total. The Morgan fingerprint density at radius 2 is 1.82 bits per heavy atom. The van der Waals surface area contributed by atoms with Gasteiger partial charge in [0, 0.05) is 31.1 Å². The van der Waals surface area contributed by atoms with Crippen LogP contribution in [0, 0.1) is 12.8 Å². The molecule has 0 spiro atoms. The number of nitrogens with one attached hydrogen (secondary N) is 1. The fourth-order valence-corrected chi connectivity index (χ4v) is 3.30. The molecule has 5 heteroatoms. The minimum atomic E-state index is -0.172. The van der Waals surface area contributed by atoms with E-state index in [-0.39, 0.29) is 24.3 Å². The van der Waals surface area contributed by atoms with Crippen molar-refractivity contribution in [3.05, 3.63) is 59.7 Å². The highest BCUT2D eigenvalue weighted by molar-refractivity contribution is 5.95. The van der Waals surface area contributed by atoms with Crippen molar-refractivity contribution in [1.82, 2.24) is 5.32 Å². The average molecular weight is 380 g/mol. The van der Waals surface area contributed by atoms with Crippen LogP contribution in [0.15, 0.2) is 48.5 Å². The van der Waals surface area contributed by atoms with Gasteiger partial charge in [0.2, 0.25) is 5.91 Å². The van der Waals surface area contributed by atoms with Crippen molar-refractivity contribution in [3.8, 4) is 5.75 Å². The van der Waals surface area contributed by atoms with Gasteiger partial charge in [-0.25, -0.2) is 0 Å². The summed E-state index contributed by atoms with van der Waals surface area (Å²) in [5.41, 5.74) is 3.32. The lowest BCUT2D eigenvalue weighted by Gasteiger charge is -2.17. The molecule has 1 saturated heterocycles. The highest BCUT2D eigenvalue weighted by Gasteiger charge is 2.30. The van der Waals surface area contributed by atoms with Crippen LogP contribution in [0.5, 0.6) is 5.75 Å². The summed E-state index contributed by atoms with van der Waals surface area (Å²) in [6.07, 6.45) is 0.450. The van der Waals surface area contributed by atoms with Crippen LogP contribution in [0.1, 0.15) is 37.3 Å². The van der Waals surface area contributed by atoms with E-state index in [0.29, 0.717) is 31.2 Å². The first kappa shape index (κ1) is 19.9. The Hall–Kier alpha value is -2.82. The molecule has 1 heterocycles. The topological polar surface area (TPSA) is 58.6 Å². The van der Waals surface area contributed by atoms with Crippen LogP contribution in [-0.4, -0.2) is 31.5 Å². The fraction of sp³-hybridized carbons (Fsp3) is 0.391. The Bertz CT molecular complexity index is 813. The zero-order valence-corrected chi connectivity index (χ0v) is 16.8. The molecule has 28 heavy (non-hydrogen) atoms. The van der Waals surface area contributed by atoms with Crippen LogP contribution in [-0.2, 0) is 9.59 Å². The molecule has 2 aromatic carbocycles. The van der Waals surface area contributed by atoms with E-state index in [9.17, 15) is 9.59 Å². The molecule has 148 valence electrons. The molecule has 0 radical (unpaired) electrons. The summed E-state index contributed by atoms with van der Waals surface area (Å²) in [4.78, 5) is 26.2. The van der Waals surface area contributed by atoms with Crippen molar-refractivity contribution in [2.75, 3.05) is 24.6 Å². The lowest BCUT2D eigenvalue weighted by molar-refractivity contribution is -0.123. The fourth-order valence-electron chi connectivity index (χ4n) is 3.30. The molecular formula is C23H28N2O3. The summed E-state index contributed by atoms with van der Waals surface area (Å²) in [5, 5.41) is 2.88. The highest BCUT2D eigenvalue weighted by Crippen LogP contribution is 2.25. The first-order chi connectivity index (χ1) is 13.4. The van der Waals surface area contributed by atoms with E-state index in [1.54, 1.807) is 4.90 Å². The van der Waals surface area contributed by atoms with Crippen molar-refractivity contribution in [2.24, 2.45) is 5.92 Å². The zero-order valence-electron chi connectivity index (χ0n) is 16.8. The van der Waals surface area contributed by atoms with Crippen LogP contribution in [0.3, 0.4) is 0 Å². The predicted octanol–water partition coefficient (Wildman–Crippen LogP) is 3.67. The molecule has 1 N–H and O–H groups in total. The third-order valence-corrected chi connectivity index (χ3v) is 5.06. The van der Waals surface area contributed by atoms with E-state index < -0.39 is 0 Å². The number of anilines is 1. The van der Waals surface area contributed by atoms with Gasteiger partial charge in [-0.2, -0.15) is 0 Å². The highest BCUT2D eigenvalue weighted by atomic mass is 16.5. The summed E-state index contributed by atoms with van der Waals surface area (Å²) >= 11 is 0. The third kappa shape index (κ3) is 5.12. The van der Waals surface area contributed by atoms with Crippen LogP contribution in [0.2, 0.25) is 0 Å². The van der Waals surface area contributed by atoms with Crippen molar-refractivity contribution >= 4 is 17.5 Å². The molecule has 1 unspecified atom stereocenters. The van der Waals surface area contributed by atoms with Crippen LogP contribution in [0.25, 0.3) is 0 Å². The van der Waals surface area contributed by atoms with Gasteiger partial charge in [-0.1, -0.05) is 43.7 Å². The van der Waals surface area contributed by atoms with Gasteiger partial charge in [0.05, 0.1) is 0 Å². The molecule has 1 fully saturated rings. The Kier molecular flexibility index (Phi) is 6.34. The molecule has 1 aliphatic heterocycles. The van der Waals surface area contributed by atoms with Gasteiger partial charge in [0.15, 0.2) is 6.61 Å². The Morgan fingerprint density at radius 3 is 2.46 bits per heavy atom. The van der Waals surface area contributed by atoms with Crippen LogP contribution in [0.4, 0.5) is 5.69 Å². The normalized spacial score (nSPS) is 16.5. The van der Waals surface area contributed by atoms with E-state index in [1.807, 2.05) is 55.5 Å². The third-order valence-electron chi connectivity index (χ3n) is 5.06. The second-order valence-electron chi connectivity index (χ2n) is 7.73. The largest absolute Gasteiger partial charge is 0.484 e. The zero-order chi connectivity index (χ0) is 20.1. The molecule has 2 aromatic rings. The van der Waals surface area contributed by atoms with Crippen LogP contribution >= 0.6 is 0 Å². The lowest BCUT2D eigenvalue weighted by atomic mass is 10.0. The maximum absolute atomic E-state index is 12.3. The van der Waals surface area contributed by atoms with Crippen LogP contribution < -0.4 is 15.0 Å². The summed E-state index contributed by atoms with van der Waals surface area (Å²) in [6, 6.07) is 15.7. The van der Waals surface area contributed by atoms with Crippen molar-refractivity contribution in [2.45, 2.75) is 33.1 Å². The number of hydrogen-bond donors (Lipinski definition) is 1. The number of carbonyl (C=O) groups excluding carboxylic acids is 2. The Morgan fingerprint density at radius 1 is 1.14 bits per heavy atom. The lowest BCUT2D eigenvalue weighted by Crippen LogP contribution is -2.34. The standard InChI is InChI=1S/C23H28N2O3/c1-16(2)19-6-10-21(11-7-19)28-15-22(26)24-13-18-12-23(27)25(14-18)20-8-4-17(3)5-9-20/h4-11,16,18H,12-15H2,1-3H3,(H,24,26). The van der Waals surface area contributed by atoms with Gasteiger partial charge < -0.3 is 15.0 Å². The number of amides is 2. The summed E-state index contributed by atoms with van der Waals surface area (Å²) in [7, 11) is 0. The van der Waals surface area contributed by atoms with E-state index in [1.165, 1.54) is 5.56 Å². The summed E-state index contributed by atoms with van der Waals surface area (Å²) in [6.45, 7) is 7.37. The smallest absolute Gasteiger partial charge is 0.257 e. The minimum Gasteiger partial charge on any atom is -0.484 e. The van der Waals surface area contributed by atoms with Gasteiger partial charge in [-0.15, -0.1) is 0 Å². The average Bonchev–Trinajstić information content (AvgIpc) is 3.06. The van der Waals surface area contributed by atoms with E-state index in [2.05, 4.69) is 19.2 Å². The number of rotatable bonds is 7. The first-order valence-electron chi connectivity index (χ1n) is 9.79. The number of hydrogen-bond acceptors (Lipinski definition) is 3. The number of ether oxygens (including phenoxy) is 1. The molecule has 0 aromatic heterocycles. The number of carbonyl (C=O) groups is 2. The maximum Gasteiger partial charge on any atom is 0.257 e. The second-order valence-corrected chi connectivity index (χ2v) is 7.73. The van der Waals surface area contributed by atoms with Gasteiger partial charge in [0.1, 0.15) is 5.75 Å². The molecule has 3 rings (SSSR count). The molecule has 1 aliphatic rings. The molecule has 0 bridgehead atoms. The Labute approximate surface area is 166 Å².